The highest BCUT2D eigenvalue weighted by Gasteiger charge is 2.17. The third-order valence-corrected chi connectivity index (χ3v) is 3.88. The van der Waals surface area contributed by atoms with Crippen molar-refractivity contribution in [3.05, 3.63) is 0 Å². The van der Waals surface area contributed by atoms with Crippen LogP contribution in [-0.4, -0.2) is 11.7 Å². The number of hydrogen-bond donors (Lipinski definition) is 1. The molecule has 90 valence electrons. The van der Waals surface area contributed by atoms with E-state index >= 15 is 0 Å². The van der Waals surface area contributed by atoms with Gasteiger partial charge in [0.05, 0.1) is 0 Å². The molecule has 1 unspecified atom stereocenters. The van der Waals surface area contributed by atoms with Gasteiger partial charge in [-0.2, -0.15) is 0 Å². The summed E-state index contributed by atoms with van der Waals surface area (Å²) in [7, 11) is 0. The predicted molar refractivity (Wildman–Crippen MR) is 65.9 cm³/mol. The fourth-order valence-corrected chi connectivity index (χ4v) is 3.04. The molecule has 0 aromatic carbocycles. The fraction of sp³-hybridized carbons (Fsp3) is 1.00. The molecule has 0 amide bonds. The van der Waals surface area contributed by atoms with Crippen molar-refractivity contribution in [1.29, 1.82) is 0 Å². The van der Waals surface area contributed by atoms with Crippen molar-refractivity contribution >= 4 is 0 Å². The number of rotatable bonds is 6. The van der Waals surface area contributed by atoms with E-state index in [0.29, 0.717) is 6.61 Å². The van der Waals surface area contributed by atoms with Gasteiger partial charge >= 0.3 is 0 Å². The van der Waals surface area contributed by atoms with Gasteiger partial charge in [0, 0.05) is 6.61 Å². The summed E-state index contributed by atoms with van der Waals surface area (Å²) in [5.74, 6) is 1.76. The minimum absolute atomic E-state index is 0.386. The fourth-order valence-electron chi connectivity index (χ4n) is 3.04. The lowest BCUT2D eigenvalue weighted by Crippen LogP contribution is -2.10. The van der Waals surface area contributed by atoms with Crippen LogP contribution >= 0.6 is 0 Å². The largest absolute Gasteiger partial charge is 0.396 e. The first-order chi connectivity index (χ1) is 7.36. The molecule has 0 bridgehead atoms. The highest BCUT2D eigenvalue weighted by molar-refractivity contribution is 4.69. The third kappa shape index (κ3) is 5.55. The first kappa shape index (κ1) is 13.0. The third-order valence-electron chi connectivity index (χ3n) is 3.88. The van der Waals surface area contributed by atoms with Crippen molar-refractivity contribution in [1.82, 2.24) is 0 Å². The molecular formula is C14H28O. The highest BCUT2D eigenvalue weighted by Crippen LogP contribution is 2.30. The Kier molecular flexibility index (Phi) is 7.08. The predicted octanol–water partition coefficient (Wildman–Crippen LogP) is 4.15. The van der Waals surface area contributed by atoms with E-state index in [0.717, 1.165) is 18.3 Å². The molecule has 1 atom stereocenters. The SMILES string of the molecule is CCCC(CCO)CC1CCCCCC1. The summed E-state index contributed by atoms with van der Waals surface area (Å²) in [6.45, 7) is 2.65. The molecule has 15 heavy (non-hydrogen) atoms. The van der Waals surface area contributed by atoms with Crippen LogP contribution in [-0.2, 0) is 0 Å². The van der Waals surface area contributed by atoms with Crippen molar-refractivity contribution in [3.63, 3.8) is 0 Å². The zero-order valence-corrected chi connectivity index (χ0v) is 10.4. The molecule has 0 aromatic heterocycles. The molecule has 1 rings (SSSR count). The van der Waals surface area contributed by atoms with Crippen LogP contribution in [0.5, 0.6) is 0 Å². The minimum atomic E-state index is 0.386. The molecule has 0 heterocycles. The molecule has 1 heteroatoms. The quantitative estimate of drug-likeness (QED) is 0.656. The molecule has 0 aliphatic heterocycles. The highest BCUT2D eigenvalue weighted by atomic mass is 16.3. The lowest BCUT2D eigenvalue weighted by molar-refractivity contribution is 0.225. The second-order valence-electron chi connectivity index (χ2n) is 5.26. The van der Waals surface area contributed by atoms with E-state index in [1.807, 2.05) is 0 Å². The van der Waals surface area contributed by atoms with Crippen molar-refractivity contribution < 1.29 is 5.11 Å². The van der Waals surface area contributed by atoms with Crippen molar-refractivity contribution in [2.24, 2.45) is 11.8 Å². The van der Waals surface area contributed by atoms with Crippen LogP contribution in [0.15, 0.2) is 0 Å². The van der Waals surface area contributed by atoms with E-state index in [9.17, 15) is 0 Å². The molecule has 0 aromatic rings. The topological polar surface area (TPSA) is 20.2 Å². The molecule has 1 N–H and O–H groups in total. The number of hydrogen-bond acceptors (Lipinski definition) is 1. The zero-order chi connectivity index (χ0) is 10.9. The van der Waals surface area contributed by atoms with Gasteiger partial charge in [0.15, 0.2) is 0 Å². The van der Waals surface area contributed by atoms with Crippen LogP contribution in [0.1, 0.15) is 71.1 Å². The van der Waals surface area contributed by atoms with E-state index in [2.05, 4.69) is 6.92 Å². The Morgan fingerprint density at radius 2 is 1.73 bits per heavy atom. The van der Waals surface area contributed by atoms with E-state index < -0.39 is 0 Å². The average molecular weight is 212 g/mol. The van der Waals surface area contributed by atoms with Gasteiger partial charge in [0.25, 0.3) is 0 Å². The Hall–Kier alpha value is -0.0400. The maximum absolute atomic E-state index is 9.05. The molecule has 0 radical (unpaired) electrons. The minimum Gasteiger partial charge on any atom is -0.396 e. The van der Waals surface area contributed by atoms with E-state index in [1.165, 1.54) is 57.8 Å². The second kappa shape index (κ2) is 8.15. The summed E-state index contributed by atoms with van der Waals surface area (Å²) in [6.07, 6.45) is 13.7. The summed E-state index contributed by atoms with van der Waals surface area (Å²) < 4.78 is 0. The zero-order valence-electron chi connectivity index (χ0n) is 10.4. The summed E-state index contributed by atoms with van der Waals surface area (Å²) in [6, 6.07) is 0. The smallest absolute Gasteiger partial charge is 0.0433 e. The molecule has 1 aliphatic carbocycles. The monoisotopic (exact) mass is 212 g/mol. The lowest BCUT2D eigenvalue weighted by atomic mass is 9.85. The molecule has 0 saturated heterocycles. The van der Waals surface area contributed by atoms with Gasteiger partial charge in [0.2, 0.25) is 0 Å². The molecule has 0 spiro atoms. The lowest BCUT2D eigenvalue weighted by Gasteiger charge is -2.21. The van der Waals surface area contributed by atoms with Gasteiger partial charge in [-0.3, -0.25) is 0 Å². The van der Waals surface area contributed by atoms with Crippen LogP contribution < -0.4 is 0 Å². The molecule has 1 fully saturated rings. The summed E-state index contributed by atoms with van der Waals surface area (Å²) in [5, 5.41) is 9.05. The Bertz CT molecular complexity index is 130. The number of aliphatic hydroxyl groups excluding tert-OH is 1. The van der Waals surface area contributed by atoms with E-state index in [4.69, 9.17) is 5.11 Å². The van der Waals surface area contributed by atoms with Crippen molar-refractivity contribution in [3.8, 4) is 0 Å². The van der Waals surface area contributed by atoms with Gasteiger partial charge in [0.1, 0.15) is 0 Å². The van der Waals surface area contributed by atoms with E-state index in [1.54, 1.807) is 0 Å². The Morgan fingerprint density at radius 1 is 1.07 bits per heavy atom. The molecular weight excluding hydrogens is 184 g/mol. The van der Waals surface area contributed by atoms with Gasteiger partial charge in [-0.25, -0.2) is 0 Å². The van der Waals surface area contributed by atoms with Crippen LogP contribution in [0.4, 0.5) is 0 Å². The van der Waals surface area contributed by atoms with E-state index in [-0.39, 0.29) is 0 Å². The standard InChI is InChI=1S/C14H28O/c1-2-7-13(10-11-15)12-14-8-5-3-4-6-9-14/h13-15H,2-12H2,1H3. The first-order valence-corrected chi connectivity index (χ1v) is 6.97. The van der Waals surface area contributed by atoms with Gasteiger partial charge in [-0.1, -0.05) is 58.3 Å². The Morgan fingerprint density at radius 3 is 2.27 bits per heavy atom. The first-order valence-electron chi connectivity index (χ1n) is 6.97. The van der Waals surface area contributed by atoms with Gasteiger partial charge in [-0.15, -0.1) is 0 Å². The second-order valence-corrected chi connectivity index (χ2v) is 5.26. The van der Waals surface area contributed by atoms with Crippen LogP contribution in [0.25, 0.3) is 0 Å². The van der Waals surface area contributed by atoms with Crippen LogP contribution in [0.2, 0.25) is 0 Å². The van der Waals surface area contributed by atoms with Crippen LogP contribution in [0.3, 0.4) is 0 Å². The molecule has 1 nitrogen and oxygen atoms in total. The van der Waals surface area contributed by atoms with Crippen LogP contribution in [0, 0.1) is 11.8 Å². The normalized spacial score (nSPS) is 21.2. The number of aliphatic hydroxyl groups is 1. The summed E-state index contributed by atoms with van der Waals surface area (Å²) in [5.41, 5.74) is 0. The average Bonchev–Trinajstić information content (AvgIpc) is 2.47. The van der Waals surface area contributed by atoms with Gasteiger partial charge in [-0.05, 0) is 24.7 Å². The van der Waals surface area contributed by atoms with Crippen molar-refractivity contribution in [2.75, 3.05) is 6.61 Å². The molecule has 1 saturated carbocycles. The Labute approximate surface area is 95.3 Å². The molecule has 1 aliphatic rings. The summed E-state index contributed by atoms with van der Waals surface area (Å²) in [4.78, 5) is 0. The van der Waals surface area contributed by atoms with Gasteiger partial charge < -0.3 is 5.11 Å². The van der Waals surface area contributed by atoms with Crippen molar-refractivity contribution in [2.45, 2.75) is 71.1 Å². The summed E-state index contributed by atoms with van der Waals surface area (Å²) >= 11 is 0. The maximum atomic E-state index is 9.05. The maximum Gasteiger partial charge on any atom is 0.0433 e. The Balaban J connectivity index is 2.27.